The molecule has 3 fully saturated rings. The predicted molar refractivity (Wildman–Crippen MR) is 143 cm³/mol. The van der Waals surface area contributed by atoms with Crippen LogP contribution in [0.25, 0.3) is 0 Å². The van der Waals surface area contributed by atoms with Crippen LogP contribution in [0, 0.1) is 0 Å². The maximum atomic E-state index is 13.7. The molecule has 3 aliphatic rings. The van der Waals surface area contributed by atoms with E-state index >= 15 is 0 Å². The fraction of sp³-hybridized carbons (Fsp3) is 0.700. The Labute approximate surface area is 216 Å². The van der Waals surface area contributed by atoms with Gasteiger partial charge < -0.3 is 16.0 Å². The van der Waals surface area contributed by atoms with Crippen molar-refractivity contribution >= 4 is 17.7 Å². The molecule has 0 unspecified atom stereocenters. The van der Waals surface area contributed by atoms with Crippen LogP contribution in [0.4, 0.5) is 0 Å². The van der Waals surface area contributed by atoms with Gasteiger partial charge in [0.15, 0.2) is 0 Å². The SMILES string of the molecule is O=C(NC1CCCCCC1)c1cccc(C(=O)NC2CCCCCC2)c1C(=O)NC1CCCCCC1. The number of carbonyl (C=O) groups excluding carboxylic acids is 3. The van der Waals surface area contributed by atoms with Crippen LogP contribution in [0.15, 0.2) is 18.2 Å². The Morgan fingerprint density at radius 1 is 0.472 bits per heavy atom. The van der Waals surface area contributed by atoms with Gasteiger partial charge in [-0.05, 0) is 50.7 Å². The summed E-state index contributed by atoms with van der Waals surface area (Å²) in [6.45, 7) is 0. The van der Waals surface area contributed by atoms with E-state index in [0.717, 1.165) is 77.0 Å². The van der Waals surface area contributed by atoms with E-state index in [1.54, 1.807) is 18.2 Å². The number of rotatable bonds is 6. The molecular formula is C30H45N3O3. The Morgan fingerprint density at radius 3 is 1.11 bits per heavy atom. The summed E-state index contributed by atoms with van der Waals surface area (Å²) < 4.78 is 0. The van der Waals surface area contributed by atoms with Crippen LogP contribution < -0.4 is 16.0 Å². The van der Waals surface area contributed by atoms with Gasteiger partial charge in [0.1, 0.15) is 0 Å². The normalized spacial score (nSPS) is 21.0. The van der Waals surface area contributed by atoms with Crippen molar-refractivity contribution in [3.63, 3.8) is 0 Å². The fourth-order valence-electron chi connectivity index (χ4n) is 6.23. The molecule has 1 aromatic carbocycles. The Kier molecular flexibility index (Phi) is 10.2. The van der Waals surface area contributed by atoms with Gasteiger partial charge in [0.25, 0.3) is 17.7 Å². The molecule has 6 nitrogen and oxygen atoms in total. The lowest BCUT2D eigenvalue weighted by Crippen LogP contribution is -2.41. The van der Waals surface area contributed by atoms with E-state index in [1.807, 2.05) is 0 Å². The average Bonchev–Trinajstić information content (AvgIpc) is 3.40. The summed E-state index contributed by atoms with van der Waals surface area (Å²) in [6.07, 6.45) is 19.7. The first-order valence-electron chi connectivity index (χ1n) is 14.7. The Balaban J connectivity index is 1.58. The molecule has 6 heteroatoms. The number of benzene rings is 1. The van der Waals surface area contributed by atoms with Crippen LogP contribution in [0.3, 0.4) is 0 Å². The maximum Gasteiger partial charge on any atom is 0.253 e. The minimum atomic E-state index is -0.292. The van der Waals surface area contributed by atoms with Crippen molar-refractivity contribution in [1.29, 1.82) is 0 Å². The van der Waals surface area contributed by atoms with E-state index in [1.165, 1.54) is 38.5 Å². The lowest BCUT2D eigenvalue weighted by atomic mass is 9.96. The second kappa shape index (κ2) is 13.8. The van der Waals surface area contributed by atoms with Crippen molar-refractivity contribution in [1.82, 2.24) is 16.0 Å². The second-order valence-electron chi connectivity index (χ2n) is 11.2. The van der Waals surface area contributed by atoms with Crippen LogP contribution >= 0.6 is 0 Å². The van der Waals surface area contributed by atoms with E-state index in [9.17, 15) is 14.4 Å². The average molecular weight is 496 g/mol. The number of nitrogens with one attached hydrogen (secondary N) is 3. The zero-order chi connectivity index (χ0) is 25.2. The lowest BCUT2D eigenvalue weighted by Gasteiger charge is -2.22. The Morgan fingerprint density at radius 2 is 0.778 bits per heavy atom. The first-order chi connectivity index (χ1) is 17.6. The molecule has 3 amide bonds. The molecular weight excluding hydrogens is 450 g/mol. The highest BCUT2D eigenvalue weighted by molar-refractivity contribution is 6.14. The lowest BCUT2D eigenvalue weighted by molar-refractivity contribution is 0.0884. The minimum absolute atomic E-state index is 0.0933. The standard InChI is InChI=1S/C30H45N3O3/c34-28(31-22-14-7-1-2-8-15-22)25-20-13-21-26(29(35)32-23-16-9-3-4-10-17-23)27(25)30(36)33-24-18-11-5-6-12-19-24/h13,20-24H,1-12,14-19H2,(H,31,34)(H,32,35)(H,33,36). The third-order valence-corrected chi connectivity index (χ3v) is 8.35. The molecule has 3 saturated carbocycles. The summed E-state index contributed by atoms with van der Waals surface area (Å²) in [6, 6.07) is 5.50. The van der Waals surface area contributed by atoms with Crippen molar-refractivity contribution in [2.75, 3.05) is 0 Å². The zero-order valence-corrected chi connectivity index (χ0v) is 21.9. The molecule has 0 atom stereocenters. The van der Waals surface area contributed by atoms with Crippen LogP contribution in [-0.4, -0.2) is 35.8 Å². The van der Waals surface area contributed by atoms with Crippen molar-refractivity contribution in [2.24, 2.45) is 0 Å². The van der Waals surface area contributed by atoms with Gasteiger partial charge in [-0.2, -0.15) is 0 Å². The van der Waals surface area contributed by atoms with Crippen molar-refractivity contribution < 1.29 is 14.4 Å². The first kappa shape index (κ1) is 26.7. The molecule has 198 valence electrons. The van der Waals surface area contributed by atoms with Gasteiger partial charge in [0.2, 0.25) is 0 Å². The summed E-state index contributed by atoms with van der Waals surface area (Å²) in [5.41, 5.74) is 0.872. The van der Waals surface area contributed by atoms with Gasteiger partial charge in [-0.1, -0.05) is 83.1 Å². The summed E-state index contributed by atoms with van der Waals surface area (Å²) >= 11 is 0. The van der Waals surface area contributed by atoms with E-state index in [2.05, 4.69) is 16.0 Å². The van der Waals surface area contributed by atoms with Crippen molar-refractivity contribution in [3.05, 3.63) is 34.9 Å². The number of hydrogen-bond donors (Lipinski definition) is 3. The predicted octanol–water partition coefficient (Wildman–Crippen LogP) is 6.04. The number of carbonyl (C=O) groups is 3. The highest BCUT2D eigenvalue weighted by Gasteiger charge is 2.28. The zero-order valence-electron chi connectivity index (χ0n) is 21.9. The van der Waals surface area contributed by atoms with Crippen LogP contribution in [0.2, 0.25) is 0 Å². The highest BCUT2D eigenvalue weighted by Crippen LogP contribution is 2.23. The summed E-state index contributed by atoms with van der Waals surface area (Å²) in [7, 11) is 0. The quantitative estimate of drug-likeness (QED) is 0.420. The van der Waals surface area contributed by atoms with Gasteiger partial charge >= 0.3 is 0 Å². The molecule has 0 aromatic heterocycles. The minimum Gasteiger partial charge on any atom is -0.349 e. The monoisotopic (exact) mass is 495 g/mol. The van der Waals surface area contributed by atoms with Crippen molar-refractivity contribution in [2.45, 2.75) is 134 Å². The maximum absolute atomic E-state index is 13.7. The van der Waals surface area contributed by atoms with Crippen molar-refractivity contribution in [3.8, 4) is 0 Å². The smallest absolute Gasteiger partial charge is 0.253 e. The third-order valence-electron chi connectivity index (χ3n) is 8.35. The summed E-state index contributed by atoms with van der Waals surface area (Å²) in [5.74, 6) is -0.770. The van der Waals surface area contributed by atoms with E-state index in [4.69, 9.17) is 0 Å². The number of hydrogen-bond acceptors (Lipinski definition) is 3. The molecule has 4 rings (SSSR count). The summed E-state index contributed by atoms with van der Waals surface area (Å²) in [4.78, 5) is 40.7. The molecule has 0 aliphatic heterocycles. The molecule has 1 aromatic rings. The fourth-order valence-corrected chi connectivity index (χ4v) is 6.23. The molecule has 0 heterocycles. The molecule has 0 spiro atoms. The molecule has 36 heavy (non-hydrogen) atoms. The molecule has 0 bridgehead atoms. The Bertz CT molecular complexity index is 823. The van der Waals surface area contributed by atoms with E-state index in [0.29, 0.717) is 11.1 Å². The number of amides is 3. The molecule has 3 aliphatic carbocycles. The molecule has 3 N–H and O–H groups in total. The van der Waals surface area contributed by atoms with E-state index in [-0.39, 0.29) is 41.4 Å². The first-order valence-corrected chi connectivity index (χ1v) is 14.7. The summed E-state index contributed by atoms with van der Waals surface area (Å²) in [5, 5.41) is 9.57. The topological polar surface area (TPSA) is 87.3 Å². The Hall–Kier alpha value is -2.37. The van der Waals surface area contributed by atoms with Gasteiger partial charge in [-0.15, -0.1) is 0 Å². The highest BCUT2D eigenvalue weighted by atomic mass is 16.2. The molecule has 0 radical (unpaired) electrons. The van der Waals surface area contributed by atoms with Crippen LogP contribution in [0.5, 0.6) is 0 Å². The largest absolute Gasteiger partial charge is 0.349 e. The van der Waals surface area contributed by atoms with Gasteiger partial charge in [0.05, 0.1) is 16.7 Å². The van der Waals surface area contributed by atoms with E-state index < -0.39 is 0 Å². The third kappa shape index (κ3) is 7.57. The molecule has 0 saturated heterocycles. The van der Waals surface area contributed by atoms with Gasteiger partial charge in [-0.3, -0.25) is 14.4 Å². The second-order valence-corrected chi connectivity index (χ2v) is 11.2. The van der Waals surface area contributed by atoms with Gasteiger partial charge in [-0.25, -0.2) is 0 Å². The van der Waals surface area contributed by atoms with Gasteiger partial charge in [0, 0.05) is 18.1 Å². The van der Waals surface area contributed by atoms with Crippen LogP contribution in [-0.2, 0) is 0 Å². The van der Waals surface area contributed by atoms with Crippen LogP contribution in [0.1, 0.15) is 147 Å².